The molecule has 0 N–H and O–H groups in total. The number of carbonyl (C=O) groups excluding carboxylic acids is 1. The van der Waals surface area contributed by atoms with Crippen molar-refractivity contribution < 1.29 is 9.63 Å². The van der Waals surface area contributed by atoms with Crippen molar-refractivity contribution >= 4 is 38.7 Å². The number of rotatable bonds is 3. The van der Waals surface area contributed by atoms with E-state index >= 15 is 0 Å². The summed E-state index contributed by atoms with van der Waals surface area (Å²) in [5.41, 5.74) is 1.59. The number of anilines is 1. The Labute approximate surface area is 137 Å². The number of aliphatic imine (C=N–C) groups is 1. The van der Waals surface area contributed by atoms with Crippen LogP contribution in [0, 0.1) is 0 Å². The molecule has 3 heterocycles. The fraction of sp³-hybridized carbons (Fsp3) is 0.235. The Hall–Kier alpha value is -2.47. The van der Waals surface area contributed by atoms with Gasteiger partial charge in [-0.3, -0.25) is 0 Å². The van der Waals surface area contributed by atoms with Gasteiger partial charge in [0.25, 0.3) is 0 Å². The molecule has 23 heavy (non-hydrogen) atoms. The summed E-state index contributed by atoms with van der Waals surface area (Å²) < 4.78 is 0. The molecule has 2 aromatic rings. The Kier molecular flexibility index (Phi) is 3.67. The second-order valence-electron chi connectivity index (χ2n) is 5.45. The molecule has 0 aliphatic carbocycles. The molecule has 4 rings (SSSR count). The molecule has 6 heteroatoms. The van der Waals surface area contributed by atoms with Gasteiger partial charge in [0.1, 0.15) is 10.7 Å². The van der Waals surface area contributed by atoms with Gasteiger partial charge in [-0.2, -0.15) is 0 Å². The van der Waals surface area contributed by atoms with Gasteiger partial charge in [0.05, 0.1) is 5.00 Å². The van der Waals surface area contributed by atoms with Crippen LogP contribution in [-0.2, 0) is 9.63 Å². The minimum Gasteiger partial charge on any atom is -0.363 e. The lowest BCUT2D eigenvalue weighted by Crippen LogP contribution is -2.18. The Morgan fingerprint density at radius 2 is 1.87 bits per heavy atom. The number of thiophene rings is 1. The number of nitrogens with zero attached hydrogens (tertiary/aromatic N) is 3. The van der Waals surface area contributed by atoms with E-state index in [4.69, 9.17) is 4.84 Å². The van der Waals surface area contributed by atoms with Gasteiger partial charge in [0.15, 0.2) is 5.71 Å². The normalized spacial score (nSPS) is 19.3. The molecule has 116 valence electrons. The molecule has 2 aliphatic heterocycles. The van der Waals surface area contributed by atoms with Crippen molar-refractivity contribution in [2.45, 2.75) is 12.8 Å². The second kappa shape index (κ2) is 5.96. The highest BCUT2D eigenvalue weighted by molar-refractivity contribution is 7.19. The summed E-state index contributed by atoms with van der Waals surface area (Å²) in [4.78, 5) is 23.6. The van der Waals surface area contributed by atoms with Crippen molar-refractivity contribution in [1.29, 1.82) is 0 Å². The maximum atomic E-state index is 12.0. The van der Waals surface area contributed by atoms with Crippen molar-refractivity contribution in [1.82, 2.24) is 0 Å². The lowest BCUT2D eigenvalue weighted by atomic mass is 10.1. The summed E-state index contributed by atoms with van der Waals surface area (Å²) in [6.45, 7) is 2.19. The van der Waals surface area contributed by atoms with Gasteiger partial charge in [0, 0.05) is 18.7 Å². The predicted octanol–water partition coefficient (Wildman–Crippen LogP) is 3.38. The maximum Gasteiger partial charge on any atom is 0.386 e. The molecule has 1 aromatic heterocycles. The van der Waals surface area contributed by atoms with Crippen molar-refractivity contribution in [2.75, 3.05) is 18.0 Å². The van der Waals surface area contributed by atoms with Gasteiger partial charge < -0.3 is 9.74 Å². The van der Waals surface area contributed by atoms with Crippen molar-refractivity contribution in [3.63, 3.8) is 0 Å². The van der Waals surface area contributed by atoms with E-state index in [1.54, 1.807) is 11.3 Å². The molecule has 0 bridgehead atoms. The van der Waals surface area contributed by atoms with Crippen LogP contribution in [0.5, 0.6) is 0 Å². The lowest BCUT2D eigenvalue weighted by Gasteiger charge is -2.13. The first-order valence-corrected chi connectivity index (χ1v) is 8.41. The molecular formula is C17H15N3O2S. The molecule has 2 aliphatic rings. The largest absolute Gasteiger partial charge is 0.386 e. The summed E-state index contributed by atoms with van der Waals surface area (Å²) in [6.07, 6.45) is 2.47. The van der Waals surface area contributed by atoms with Crippen molar-refractivity contribution in [3.05, 3.63) is 48.0 Å². The van der Waals surface area contributed by atoms with Crippen molar-refractivity contribution in [2.24, 2.45) is 10.1 Å². The third kappa shape index (κ3) is 2.77. The maximum absolute atomic E-state index is 12.0. The summed E-state index contributed by atoms with van der Waals surface area (Å²) in [6, 6.07) is 13.5. The molecule has 0 saturated carbocycles. The van der Waals surface area contributed by atoms with E-state index in [2.05, 4.69) is 21.1 Å². The smallest absolute Gasteiger partial charge is 0.363 e. The average Bonchev–Trinajstić information content (AvgIpc) is 3.31. The van der Waals surface area contributed by atoms with Crippen LogP contribution in [0.15, 0.2) is 52.6 Å². The van der Waals surface area contributed by atoms with Gasteiger partial charge in [-0.15, -0.1) is 0 Å². The first-order valence-electron chi connectivity index (χ1n) is 7.60. The lowest BCUT2D eigenvalue weighted by molar-refractivity contribution is -0.134. The van der Waals surface area contributed by atoms with Gasteiger partial charge in [-0.25, -0.2) is 9.79 Å². The van der Waals surface area contributed by atoms with Crippen LogP contribution in [0.25, 0.3) is 0 Å². The van der Waals surface area contributed by atoms with Gasteiger partial charge in [0.2, 0.25) is 0 Å². The number of benzene rings is 1. The Morgan fingerprint density at radius 1 is 1.09 bits per heavy atom. The molecule has 1 aromatic carbocycles. The first-order chi connectivity index (χ1) is 11.3. The van der Waals surface area contributed by atoms with Gasteiger partial charge >= 0.3 is 5.97 Å². The highest BCUT2D eigenvalue weighted by atomic mass is 32.1. The zero-order chi connectivity index (χ0) is 15.6. The first kappa shape index (κ1) is 14.1. The summed E-state index contributed by atoms with van der Waals surface area (Å²) >= 11 is 1.59. The number of hydrogen-bond donors (Lipinski definition) is 0. The van der Waals surface area contributed by atoms with Gasteiger partial charge in [-0.1, -0.05) is 46.8 Å². The minimum absolute atomic E-state index is 0.269. The van der Waals surface area contributed by atoms with Gasteiger partial charge in [-0.05, 0) is 25.0 Å². The zero-order valence-electron chi connectivity index (χ0n) is 12.4. The van der Waals surface area contributed by atoms with Crippen LogP contribution < -0.4 is 4.90 Å². The quantitative estimate of drug-likeness (QED) is 0.813. The van der Waals surface area contributed by atoms with Crippen LogP contribution in [0.1, 0.15) is 18.4 Å². The van der Waals surface area contributed by atoms with Crippen LogP contribution in [-0.4, -0.2) is 30.5 Å². The van der Waals surface area contributed by atoms with Crippen LogP contribution in [0.2, 0.25) is 0 Å². The average molecular weight is 325 g/mol. The van der Waals surface area contributed by atoms with Crippen LogP contribution in [0.3, 0.4) is 0 Å². The molecule has 1 saturated heterocycles. The standard InChI is InChI=1S/C17H15N3O2S/c21-17-16(15(19-22-17)12-6-2-1-3-7-12)18-13-8-9-14(23-13)20-10-4-5-11-20/h1-3,6-9H,4-5,10-11H2/b18-16-. The Morgan fingerprint density at radius 3 is 2.65 bits per heavy atom. The molecule has 1 fully saturated rings. The molecule has 0 radical (unpaired) electrons. The third-order valence-electron chi connectivity index (χ3n) is 3.90. The molecule has 0 amide bonds. The second-order valence-corrected chi connectivity index (χ2v) is 6.49. The van der Waals surface area contributed by atoms with Crippen molar-refractivity contribution in [3.8, 4) is 0 Å². The fourth-order valence-corrected chi connectivity index (χ4v) is 3.68. The summed E-state index contributed by atoms with van der Waals surface area (Å²) in [5, 5.41) is 5.88. The fourth-order valence-electron chi connectivity index (χ4n) is 2.75. The Bertz CT molecular complexity index is 789. The predicted molar refractivity (Wildman–Crippen MR) is 91.9 cm³/mol. The van der Waals surface area contributed by atoms with Crippen LogP contribution >= 0.6 is 11.3 Å². The highest BCUT2D eigenvalue weighted by Crippen LogP contribution is 2.34. The molecule has 0 spiro atoms. The molecule has 0 atom stereocenters. The molecule has 0 unspecified atom stereocenters. The number of oxime groups is 1. The van der Waals surface area contributed by atoms with E-state index in [0.29, 0.717) is 5.71 Å². The Balaban J connectivity index is 1.64. The topological polar surface area (TPSA) is 54.3 Å². The van der Waals surface area contributed by atoms with E-state index in [1.807, 2.05) is 36.4 Å². The minimum atomic E-state index is -0.500. The highest BCUT2D eigenvalue weighted by Gasteiger charge is 2.29. The molecule has 5 nitrogen and oxygen atoms in total. The summed E-state index contributed by atoms with van der Waals surface area (Å²) in [7, 11) is 0. The van der Waals surface area contributed by atoms with Crippen LogP contribution in [0.4, 0.5) is 10.0 Å². The SMILES string of the molecule is O=C1ON=C(c2ccccc2)/C1=N/c1ccc(N2CCCC2)s1. The van der Waals surface area contributed by atoms with E-state index in [1.165, 1.54) is 17.8 Å². The van der Waals surface area contributed by atoms with E-state index < -0.39 is 5.97 Å². The van der Waals surface area contributed by atoms with E-state index in [9.17, 15) is 4.79 Å². The monoisotopic (exact) mass is 325 g/mol. The molecular weight excluding hydrogens is 310 g/mol. The number of carbonyl (C=O) groups is 1. The summed E-state index contributed by atoms with van der Waals surface area (Å²) in [5.74, 6) is -0.500. The third-order valence-corrected chi connectivity index (χ3v) is 4.94. The number of hydrogen-bond acceptors (Lipinski definition) is 6. The zero-order valence-corrected chi connectivity index (χ0v) is 13.3. The van der Waals surface area contributed by atoms with E-state index in [0.717, 1.165) is 23.7 Å². The van der Waals surface area contributed by atoms with E-state index in [-0.39, 0.29) is 5.71 Å².